The van der Waals surface area contributed by atoms with E-state index in [2.05, 4.69) is 33.4 Å². The van der Waals surface area contributed by atoms with E-state index in [1.165, 1.54) is 21.5 Å². The molecule has 0 aromatic carbocycles. The first-order chi connectivity index (χ1) is 6.75. The second-order valence-electron chi connectivity index (χ2n) is 3.78. The first kappa shape index (κ1) is 10.6. The van der Waals surface area contributed by atoms with Gasteiger partial charge in [0.05, 0.1) is 3.79 Å². The van der Waals surface area contributed by atoms with E-state index in [1.54, 1.807) is 11.3 Å². The van der Waals surface area contributed by atoms with E-state index in [1.807, 2.05) is 0 Å². The summed E-state index contributed by atoms with van der Waals surface area (Å²) in [6, 6.07) is 5.02. The van der Waals surface area contributed by atoms with Crippen molar-refractivity contribution in [1.29, 1.82) is 0 Å². The minimum atomic E-state index is 0.196. The zero-order valence-corrected chi connectivity index (χ0v) is 10.4. The maximum Gasteiger partial charge on any atom is 0.0701 e. The van der Waals surface area contributed by atoms with Crippen LogP contribution in [0.5, 0.6) is 0 Å². The molecule has 0 bridgehead atoms. The number of halogens is 1. The van der Waals surface area contributed by atoms with Gasteiger partial charge in [0.1, 0.15) is 0 Å². The van der Waals surface area contributed by atoms with Crippen LogP contribution in [0.3, 0.4) is 0 Å². The number of hydrogen-bond acceptors (Lipinski definition) is 3. The van der Waals surface area contributed by atoms with E-state index in [4.69, 9.17) is 5.73 Å². The highest BCUT2D eigenvalue weighted by molar-refractivity contribution is 9.11. The van der Waals surface area contributed by atoms with Crippen LogP contribution in [-0.2, 0) is 0 Å². The van der Waals surface area contributed by atoms with Gasteiger partial charge in [0, 0.05) is 17.0 Å². The van der Waals surface area contributed by atoms with Crippen LogP contribution in [0.4, 0.5) is 0 Å². The molecule has 14 heavy (non-hydrogen) atoms. The van der Waals surface area contributed by atoms with Gasteiger partial charge in [0.15, 0.2) is 0 Å². The smallest absolute Gasteiger partial charge is 0.0701 e. The van der Waals surface area contributed by atoms with Crippen molar-refractivity contribution in [3.05, 3.63) is 20.8 Å². The topological polar surface area (TPSA) is 38.0 Å². The molecular weight excluding hydrogens is 260 g/mol. The highest BCUT2D eigenvalue weighted by atomic mass is 79.9. The predicted molar refractivity (Wildman–Crippen MR) is 64.6 cm³/mol. The summed E-state index contributed by atoms with van der Waals surface area (Å²) >= 11 is 5.20. The molecule has 78 valence electrons. The molecule has 1 saturated heterocycles. The van der Waals surface area contributed by atoms with E-state index in [9.17, 15) is 0 Å². The number of rotatable bonds is 3. The summed E-state index contributed by atoms with van der Waals surface area (Å²) < 4.78 is 1.17. The molecule has 0 amide bonds. The van der Waals surface area contributed by atoms with Gasteiger partial charge in [-0.1, -0.05) is 0 Å². The average Bonchev–Trinajstić information content (AvgIpc) is 2.75. The summed E-state index contributed by atoms with van der Waals surface area (Å²) in [7, 11) is 0. The fourth-order valence-electron chi connectivity index (χ4n) is 1.91. The minimum Gasteiger partial charge on any atom is -0.323 e. The predicted octanol–water partition coefficient (Wildman–Crippen LogP) is 2.65. The first-order valence-corrected chi connectivity index (χ1v) is 6.61. The zero-order chi connectivity index (χ0) is 9.97. The molecule has 1 aromatic rings. The SMILES string of the molecule is NC(CC1CCCN1)c1ccc(Br)s1. The van der Waals surface area contributed by atoms with Crippen molar-refractivity contribution in [2.45, 2.75) is 31.3 Å². The van der Waals surface area contributed by atoms with Gasteiger partial charge in [-0.2, -0.15) is 0 Å². The molecular formula is C10H15BrN2S. The standard InChI is InChI=1S/C10H15BrN2S/c11-10-4-3-9(14-10)8(12)6-7-2-1-5-13-7/h3-4,7-8,13H,1-2,5-6,12H2. The lowest BCUT2D eigenvalue weighted by Gasteiger charge is -2.15. The van der Waals surface area contributed by atoms with Crippen LogP contribution < -0.4 is 11.1 Å². The van der Waals surface area contributed by atoms with Crippen LogP contribution in [0.2, 0.25) is 0 Å². The molecule has 2 nitrogen and oxygen atoms in total. The molecule has 1 aliphatic rings. The third kappa shape index (κ3) is 2.57. The Balaban J connectivity index is 1.91. The van der Waals surface area contributed by atoms with Crippen molar-refractivity contribution in [1.82, 2.24) is 5.32 Å². The summed E-state index contributed by atoms with van der Waals surface area (Å²) in [5.41, 5.74) is 6.14. The number of hydrogen-bond donors (Lipinski definition) is 2. The molecule has 0 spiro atoms. The maximum atomic E-state index is 6.14. The van der Waals surface area contributed by atoms with Crippen LogP contribution in [-0.4, -0.2) is 12.6 Å². The van der Waals surface area contributed by atoms with E-state index in [0.717, 1.165) is 13.0 Å². The lowest BCUT2D eigenvalue weighted by Crippen LogP contribution is -2.26. The number of nitrogens with two attached hydrogens (primary N) is 1. The van der Waals surface area contributed by atoms with E-state index < -0.39 is 0 Å². The van der Waals surface area contributed by atoms with E-state index >= 15 is 0 Å². The summed E-state index contributed by atoms with van der Waals surface area (Å²) in [5, 5.41) is 3.48. The van der Waals surface area contributed by atoms with Gasteiger partial charge in [-0.15, -0.1) is 11.3 Å². The van der Waals surface area contributed by atoms with Crippen LogP contribution in [0.25, 0.3) is 0 Å². The largest absolute Gasteiger partial charge is 0.323 e. The Kier molecular flexibility index (Phi) is 3.60. The molecule has 0 aliphatic carbocycles. The molecule has 0 saturated carbocycles. The van der Waals surface area contributed by atoms with Gasteiger partial charge in [0.25, 0.3) is 0 Å². The number of nitrogens with one attached hydrogen (secondary N) is 1. The monoisotopic (exact) mass is 274 g/mol. The van der Waals surface area contributed by atoms with Crippen LogP contribution in [0, 0.1) is 0 Å². The van der Waals surface area contributed by atoms with Gasteiger partial charge in [0.2, 0.25) is 0 Å². The second-order valence-corrected chi connectivity index (χ2v) is 6.27. The van der Waals surface area contributed by atoms with Crippen molar-refractivity contribution in [2.75, 3.05) is 6.54 Å². The van der Waals surface area contributed by atoms with Gasteiger partial charge in [-0.05, 0) is 53.9 Å². The normalized spacial score (nSPS) is 24.0. The van der Waals surface area contributed by atoms with Crippen molar-refractivity contribution < 1.29 is 0 Å². The highest BCUT2D eigenvalue weighted by Crippen LogP contribution is 2.29. The van der Waals surface area contributed by atoms with Crippen LogP contribution in [0.1, 0.15) is 30.2 Å². The molecule has 2 heterocycles. The Hall–Kier alpha value is 0.1000. The van der Waals surface area contributed by atoms with Crippen molar-refractivity contribution in [3.63, 3.8) is 0 Å². The number of thiophene rings is 1. The van der Waals surface area contributed by atoms with E-state index in [-0.39, 0.29) is 6.04 Å². The molecule has 3 N–H and O–H groups in total. The zero-order valence-electron chi connectivity index (χ0n) is 8.00. The lowest BCUT2D eigenvalue weighted by atomic mass is 10.1. The third-order valence-corrected chi connectivity index (χ3v) is 4.42. The average molecular weight is 275 g/mol. The molecule has 1 aliphatic heterocycles. The maximum absolute atomic E-state index is 6.14. The molecule has 4 heteroatoms. The van der Waals surface area contributed by atoms with Gasteiger partial charge >= 0.3 is 0 Å². The summed E-state index contributed by atoms with van der Waals surface area (Å²) in [6.07, 6.45) is 3.64. The van der Waals surface area contributed by atoms with Gasteiger partial charge < -0.3 is 11.1 Å². The third-order valence-electron chi connectivity index (χ3n) is 2.66. The molecule has 2 unspecified atom stereocenters. The summed E-state index contributed by atoms with van der Waals surface area (Å²) in [5.74, 6) is 0. The summed E-state index contributed by atoms with van der Waals surface area (Å²) in [4.78, 5) is 1.28. The van der Waals surface area contributed by atoms with E-state index in [0.29, 0.717) is 6.04 Å². The van der Waals surface area contributed by atoms with Gasteiger partial charge in [-0.3, -0.25) is 0 Å². The Morgan fingerprint density at radius 2 is 2.50 bits per heavy atom. The van der Waals surface area contributed by atoms with Crippen molar-refractivity contribution >= 4 is 27.3 Å². The Labute approximate surface area is 97.0 Å². The fraction of sp³-hybridized carbons (Fsp3) is 0.600. The minimum absolute atomic E-state index is 0.196. The van der Waals surface area contributed by atoms with Crippen LogP contribution in [0.15, 0.2) is 15.9 Å². The lowest BCUT2D eigenvalue weighted by molar-refractivity contribution is 0.503. The molecule has 2 rings (SSSR count). The molecule has 1 aromatic heterocycles. The fourth-order valence-corrected chi connectivity index (χ4v) is 3.35. The molecule has 1 fully saturated rings. The summed E-state index contributed by atoms with van der Waals surface area (Å²) in [6.45, 7) is 1.16. The van der Waals surface area contributed by atoms with Gasteiger partial charge in [-0.25, -0.2) is 0 Å². The highest BCUT2D eigenvalue weighted by Gasteiger charge is 2.18. The van der Waals surface area contributed by atoms with Crippen molar-refractivity contribution in [3.8, 4) is 0 Å². The Morgan fingerprint density at radius 3 is 3.07 bits per heavy atom. The quantitative estimate of drug-likeness (QED) is 0.890. The Bertz CT molecular complexity index is 294. The first-order valence-electron chi connectivity index (χ1n) is 5.00. The molecule has 0 radical (unpaired) electrons. The van der Waals surface area contributed by atoms with Crippen molar-refractivity contribution in [2.24, 2.45) is 5.73 Å². The second kappa shape index (κ2) is 4.75. The molecule has 2 atom stereocenters. The van der Waals surface area contributed by atoms with Crippen LogP contribution >= 0.6 is 27.3 Å². The Morgan fingerprint density at radius 1 is 1.64 bits per heavy atom.